The summed E-state index contributed by atoms with van der Waals surface area (Å²) in [6.45, 7) is 1.88. The second kappa shape index (κ2) is 8.09. The lowest BCUT2D eigenvalue weighted by atomic mass is 10.2. The predicted octanol–water partition coefficient (Wildman–Crippen LogP) is 2.15. The fourth-order valence-corrected chi connectivity index (χ4v) is 3.02. The predicted molar refractivity (Wildman–Crippen MR) is 103 cm³/mol. The lowest BCUT2D eigenvalue weighted by Crippen LogP contribution is -2.20. The molecule has 8 nitrogen and oxygen atoms in total. The molecule has 0 radical (unpaired) electrons. The van der Waals surface area contributed by atoms with Crippen molar-refractivity contribution in [2.24, 2.45) is 0 Å². The Hall–Kier alpha value is -3.07. The van der Waals surface area contributed by atoms with Crippen LogP contribution in [0, 0.1) is 6.92 Å². The first-order valence-electron chi connectivity index (χ1n) is 8.02. The molecule has 1 aromatic carbocycles. The fraction of sp³-hybridized carbons (Fsp3) is 0.222. The molecule has 2 heterocycles. The van der Waals surface area contributed by atoms with Crippen molar-refractivity contribution in [3.05, 3.63) is 52.6 Å². The van der Waals surface area contributed by atoms with E-state index < -0.39 is 5.69 Å². The van der Waals surface area contributed by atoms with Crippen molar-refractivity contribution in [3.63, 3.8) is 0 Å². The summed E-state index contributed by atoms with van der Waals surface area (Å²) in [6.07, 6.45) is 1.68. The normalized spacial score (nSPS) is 10.6. The van der Waals surface area contributed by atoms with Gasteiger partial charge in [0.2, 0.25) is 5.91 Å². The zero-order valence-electron chi connectivity index (χ0n) is 15.1. The Bertz CT molecular complexity index is 1050. The molecule has 0 unspecified atom stereocenters. The smallest absolute Gasteiger partial charge is 0.355 e. The zero-order chi connectivity index (χ0) is 19.4. The number of aryl methyl sites for hydroxylation is 1. The van der Waals surface area contributed by atoms with Gasteiger partial charge in [-0.15, -0.1) is 0 Å². The Morgan fingerprint density at radius 2 is 2.00 bits per heavy atom. The van der Waals surface area contributed by atoms with E-state index >= 15 is 0 Å². The minimum Gasteiger partial charge on any atom is -0.497 e. The van der Waals surface area contributed by atoms with Crippen LogP contribution in [0.25, 0.3) is 5.65 Å². The monoisotopic (exact) mass is 386 g/mol. The molecular formula is C18H18N4O4S. The summed E-state index contributed by atoms with van der Waals surface area (Å²) in [7, 11) is 3.06. The lowest BCUT2D eigenvalue weighted by Gasteiger charge is -2.11. The second-order valence-electron chi connectivity index (χ2n) is 5.63. The molecule has 27 heavy (non-hydrogen) atoms. The maximum absolute atomic E-state index is 12.2. The first-order valence-corrected chi connectivity index (χ1v) is 9.00. The number of nitrogens with zero attached hydrogens (tertiary/aromatic N) is 3. The van der Waals surface area contributed by atoms with Gasteiger partial charge in [-0.2, -0.15) is 4.98 Å². The van der Waals surface area contributed by atoms with Gasteiger partial charge in [0.1, 0.15) is 17.1 Å². The van der Waals surface area contributed by atoms with Gasteiger partial charge in [0.25, 0.3) is 0 Å². The first-order chi connectivity index (χ1) is 13.0. The zero-order valence-corrected chi connectivity index (χ0v) is 15.9. The number of ether oxygens (including phenoxy) is 2. The van der Waals surface area contributed by atoms with Crippen molar-refractivity contribution in [1.29, 1.82) is 0 Å². The average Bonchev–Trinajstić information content (AvgIpc) is 2.67. The fourth-order valence-electron chi connectivity index (χ4n) is 2.38. The van der Waals surface area contributed by atoms with Gasteiger partial charge in [0.15, 0.2) is 5.16 Å². The molecule has 0 spiro atoms. The number of carbonyl (C=O) groups excluding carboxylic acids is 1. The topological polar surface area (TPSA) is 94.8 Å². The van der Waals surface area contributed by atoms with Crippen LogP contribution in [0.3, 0.4) is 0 Å². The second-order valence-corrected chi connectivity index (χ2v) is 6.57. The molecule has 0 aliphatic rings. The average molecular weight is 386 g/mol. The summed E-state index contributed by atoms with van der Waals surface area (Å²) < 4.78 is 11.8. The van der Waals surface area contributed by atoms with E-state index in [9.17, 15) is 9.59 Å². The van der Waals surface area contributed by atoms with Crippen molar-refractivity contribution < 1.29 is 14.3 Å². The Kier molecular flexibility index (Phi) is 5.60. The highest BCUT2D eigenvalue weighted by atomic mass is 32.2. The molecule has 9 heteroatoms. The number of aromatic nitrogens is 3. The number of nitrogens with one attached hydrogen (secondary N) is 1. The van der Waals surface area contributed by atoms with Crippen LogP contribution in [0.15, 0.2) is 46.5 Å². The number of methoxy groups -OCH3 is 2. The van der Waals surface area contributed by atoms with E-state index in [2.05, 4.69) is 15.3 Å². The van der Waals surface area contributed by atoms with Crippen LogP contribution in [-0.2, 0) is 4.79 Å². The van der Waals surface area contributed by atoms with Crippen molar-refractivity contribution >= 4 is 29.0 Å². The molecule has 0 atom stereocenters. The number of rotatable bonds is 6. The van der Waals surface area contributed by atoms with E-state index in [-0.39, 0.29) is 16.8 Å². The summed E-state index contributed by atoms with van der Waals surface area (Å²) in [4.78, 5) is 32.6. The SMILES string of the molecule is COc1ccc(NC(=O)CSc2nc(=O)n3cc(C)ccc3n2)c(OC)c1. The van der Waals surface area contributed by atoms with Crippen molar-refractivity contribution in [1.82, 2.24) is 14.4 Å². The third kappa shape index (κ3) is 4.37. The van der Waals surface area contributed by atoms with Crippen molar-refractivity contribution in [3.8, 4) is 11.5 Å². The first kappa shape index (κ1) is 18.7. The number of anilines is 1. The number of pyridine rings is 1. The highest BCUT2D eigenvalue weighted by Gasteiger charge is 2.11. The van der Waals surface area contributed by atoms with Gasteiger partial charge in [-0.25, -0.2) is 9.78 Å². The van der Waals surface area contributed by atoms with E-state index in [1.807, 2.05) is 13.0 Å². The van der Waals surface area contributed by atoms with Crippen LogP contribution < -0.4 is 20.5 Å². The standard InChI is InChI=1S/C18H18N4O4S/c1-11-4-7-15-20-17(21-18(24)22(15)9-11)27-10-16(23)19-13-6-5-12(25-2)8-14(13)26-3/h4-9H,10H2,1-3H3,(H,19,23). The van der Waals surface area contributed by atoms with Crippen LogP contribution in [0.1, 0.15) is 5.56 Å². The molecule has 0 saturated heterocycles. The summed E-state index contributed by atoms with van der Waals surface area (Å²) in [5.74, 6) is 0.898. The van der Waals surface area contributed by atoms with Crippen LogP contribution in [-0.4, -0.2) is 40.2 Å². The third-order valence-electron chi connectivity index (χ3n) is 3.70. The van der Waals surface area contributed by atoms with Crippen molar-refractivity contribution in [2.75, 3.05) is 25.3 Å². The van der Waals surface area contributed by atoms with Crippen LogP contribution in [0.4, 0.5) is 5.69 Å². The highest BCUT2D eigenvalue weighted by molar-refractivity contribution is 7.99. The summed E-state index contributed by atoms with van der Waals surface area (Å²) in [6, 6.07) is 8.70. The number of hydrogen-bond donors (Lipinski definition) is 1. The van der Waals surface area contributed by atoms with Gasteiger partial charge in [0, 0.05) is 12.3 Å². The maximum Gasteiger partial charge on any atom is 0.355 e. The Labute approximate surface area is 159 Å². The van der Waals surface area contributed by atoms with Gasteiger partial charge >= 0.3 is 5.69 Å². The molecule has 0 bridgehead atoms. The summed E-state index contributed by atoms with van der Waals surface area (Å²) in [5, 5.41) is 3.01. The molecule has 1 N–H and O–H groups in total. The Morgan fingerprint density at radius 3 is 2.74 bits per heavy atom. The molecule has 0 aliphatic heterocycles. The van der Waals surface area contributed by atoms with E-state index in [0.29, 0.717) is 22.8 Å². The number of fused-ring (bicyclic) bond motifs is 1. The highest BCUT2D eigenvalue weighted by Crippen LogP contribution is 2.29. The molecule has 1 amide bonds. The Morgan fingerprint density at radius 1 is 1.19 bits per heavy atom. The van der Waals surface area contributed by atoms with Crippen LogP contribution >= 0.6 is 11.8 Å². The van der Waals surface area contributed by atoms with Crippen molar-refractivity contribution in [2.45, 2.75) is 12.1 Å². The minimum absolute atomic E-state index is 0.0522. The number of hydrogen-bond acceptors (Lipinski definition) is 7. The van der Waals surface area contributed by atoms with Gasteiger partial charge in [-0.3, -0.25) is 9.20 Å². The van der Waals surface area contributed by atoms with Gasteiger partial charge in [0.05, 0.1) is 25.7 Å². The molecule has 140 valence electrons. The lowest BCUT2D eigenvalue weighted by molar-refractivity contribution is -0.113. The Balaban J connectivity index is 1.70. The van der Waals surface area contributed by atoms with Gasteiger partial charge in [-0.05, 0) is 30.7 Å². The molecule has 3 rings (SSSR count). The minimum atomic E-state index is -0.427. The molecule has 0 saturated carbocycles. The maximum atomic E-state index is 12.2. The van der Waals surface area contributed by atoms with E-state index in [1.54, 1.807) is 37.6 Å². The molecule has 2 aromatic heterocycles. The van der Waals surface area contributed by atoms with Gasteiger partial charge in [-0.1, -0.05) is 17.8 Å². The molecule has 0 fully saturated rings. The van der Waals surface area contributed by atoms with E-state index in [1.165, 1.54) is 11.5 Å². The molecule has 3 aromatic rings. The van der Waals surface area contributed by atoms with E-state index in [4.69, 9.17) is 9.47 Å². The third-order valence-corrected chi connectivity index (χ3v) is 4.54. The quantitative estimate of drug-likeness (QED) is 0.649. The largest absolute Gasteiger partial charge is 0.497 e. The number of carbonyl (C=O) groups is 1. The van der Waals surface area contributed by atoms with E-state index in [0.717, 1.165) is 17.3 Å². The molecule has 0 aliphatic carbocycles. The van der Waals surface area contributed by atoms with Crippen LogP contribution in [0.5, 0.6) is 11.5 Å². The number of amides is 1. The van der Waals surface area contributed by atoms with Gasteiger partial charge < -0.3 is 14.8 Å². The number of thioether (sulfide) groups is 1. The van der Waals surface area contributed by atoms with Crippen LogP contribution in [0.2, 0.25) is 0 Å². The number of benzene rings is 1. The summed E-state index contributed by atoms with van der Waals surface area (Å²) in [5.41, 5.74) is 1.52. The summed E-state index contributed by atoms with van der Waals surface area (Å²) >= 11 is 1.09. The molecular weight excluding hydrogens is 368 g/mol.